The molecule has 15 heavy (non-hydrogen) atoms. The van der Waals surface area contributed by atoms with Crippen LogP contribution < -0.4 is 5.56 Å². The number of nitrogens with zero attached hydrogens (tertiary/aromatic N) is 1. The first-order valence-electron chi connectivity index (χ1n) is 4.48. The normalized spacial score (nSPS) is 10.3. The van der Waals surface area contributed by atoms with Crippen molar-refractivity contribution in [2.75, 3.05) is 0 Å². The number of aromatic amines is 1. The van der Waals surface area contributed by atoms with Gasteiger partial charge in [-0.2, -0.15) is 0 Å². The third-order valence-electron chi connectivity index (χ3n) is 2.12. The Labute approximate surface area is 95.3 Å². The summed E-state index contributed by atoms with van der Waals surface area (Å²) < 4.78 is 1.01. The zero-order valence-corrected chi connectivity index (χ0v) is 9.71. The zero-order chi connectivity index (χ0) is 10.8. The highest BCUT2D eigenvalue weighted by Gasteiger charge is 2.02. The number of aromatic nitrogens is 2. The molecule has 0 aliphatic heterocycles. The van der Waals surface area contributed by atoms with E-state index in [2.05, 4.69) is 25.9 Å². The second-order valence-electron chi connectivity index (χ2n) is 3.25. The highest BCUT2D eigenvalue weighted by molar-refractivity contribution is 9.10. The molecule has 76 valence electrons. The second kappa shape index (κ2) is 3.98. The third kappa shape index (κ3) is 2.15. The number of H-pyrrole nitrogens is 1. The molecule has 0 radical (unpaired) electrons. The van der Waals surface area contributed by atoms with Crippen LogP contribution in [0.4, 0.5) is 0 Å². The van der Waals surface area contributed by atoms with Gasteiger partial charge in [-0.3, -0.25) is 4.79 Å². The molecule has 2 rings (SSSR count). The predicted molar refractivity (Wildman–Crippen MR) is 62.7 cm³/mol. The molecule has 2 aromatic rings. The van der Waals surface area contributed by atoms with Crippen LogP contribution in [-0.4, -0.2) is 9.97 Å². The van der Waals surface area contributed by atoms with Gasteiger partial charge >= 0.3 is 0 Å². The van der Waals surface area contributed by atoms with E-state index in [0.717, 1.165) is 15.6 Å². The maximum Gasteiger partial charge on any atom is 0.251 e. The lowest BCUT2D eigenvalue weighted by atomic mass is 10.1. The first kappa shape index (κ1) is 10.1. The Hall–Kier alpha value is -1.42. The predicted octanol–water partition coefficient (Wildman–Crippen LogP) is 2.51. The summed E-state index contributed by atoms with van der Waals surface area (Å²) in [5.74, 6) is 0.586. The van der Waals surface area contributed by atoms with Crippen LogP contribution in [-0.2, 0) is 0 Å². The minimum Gasteiger partial charge on any atom is -0.307 e. The molecule has 0 saturated heterocycles. The largest absolute Gasteiger partial charge is 0.307 e. The highest BCUT2D eigenvalue weighted by atomic mass is 79.9. The summed E-state index contributed by atoms with van der Waals surface area (Å²) in [6.07, 6.45) is 1.50. The van der Waals surface area contributed by atoms with Gasteiger partial charge in [0.25, 0.3) is 5.56 Å². The smallest absolute Gasteiger partial charge is 0.251 e. The molecule has 0 aliphatic rings. The van der Waals surface area contributed by atoms with Gasteiger partial charge < -0.3 is 4.98 Å². The summed E-state index contributed by atoms with van der Waals surface area (Å²) in [5, 5.41) is 0. The Kier molecular flexibility index (Phi) is 2.68. The molecule has 0 fully saturated rings. The standard InChI is InChI=1S/C11H9BrN2O/c1-7-2-3-8(6-9(7)12)11-13-5-4-10(15)14-11/h2-6H,1H3,(H,13,14,15). The summed E-state index contributed by atoms with van der Waals surface area (Å²) in [7, 11) is 0. The second-order valence-corrected chi connectivity index (χ2v) is 4.10. The molecule has 0 saturated carbocycles. The van der Waals surface area contributed by atoms with Gasteiger partial charge in [-0.15, -0.1) is 0 Å². The molecule has 1 heterocycles. The number of hydrogen-bond acceptors (Lipinski definition) is 2. The van der Waals surface area contributed by atoms with E-state index in [1.807, 2.05) is 25.1 Å². The van der Waals surface area contributed by atoms with Crippen LogP contribution in [0.1, 0.15) is 5.56 Å². The average Bonchev–Trinajstić information content (AvgIpc) is 2.22. The van der Waals surface area contributed by atoms with Crippen LogP contribution in [0, 0.1) is 6.92 Å². The van der Waals surface area contributed by atoms with Crippen LogP contribution in [0.3, 0.4) is 0 Å². The number of halogens is 1. The first-order valence-corrected chi connectivity index (χ1v) is 5.28. The van der Waals surface area contributed by atoms with Crippen molar-refractivity contribution in [1.29, 1.82) is 0 Å². The molecule has 0 bridgehead atoms. The van der Waals surface area contributed by atoms with E-state index in [-0.39, 0.29) is 5.56 Å². The maximum absolute atomic E-state index is 11.1. The fraction of sp³-hybridized carbons (Fsp3) is 0.0909. The summed E-state index contributed by atoms with van der Waals surface area (Å²) >= 11 is 3.44. The molecular formula is C11H9BrN2O. The zero-order valence-electron chi connectivity index (χ0n) is 8.12. The lowest BCUT2D eigenvalue weighted by molar-refractivity contribution is 1.13. The minimum absolute atomic E-state index is 0.142. The number of hydrogen-bond donors (Lipinski definition) is 1. The Balaban J connectivity index is 2.55. The number of benzene rings is 1. The fourth-order valence-corrected chi connectivity index (χ4v) is 1.64. The molecule has 0 atom stereocenters. The molecular weight excluding hydrogens is 256 g/mol. The van der Waals surface area contributed by atoms with Gasteiger partial charge in [0.15, 0.2) is 0 Å². The molecule has 1 aromatic heterocycles. The number of nitrogens with one attached hydrogen (secondary N) is 1. The maximum atomic E-state index is 11.1. The number of rotatable bonds is 1. The van der Waals surface area contributed by atoms with E-state index in [0.29, 0.717) is 5.82 Å². The van der Waals surface area contributed by atoms with E-state index in [9.17, 15) is 4.79 Å². The van der Waals surface area contributed by atoms with Gasteiger partial charge in [0, 0.05) is 22.3 Å². The van der Waals surface area contributed by atoms with Crippen molar-refractivity contribution in [3.05, 3.63) is 50.9 Å². The van der Waals surface area contributed by atoms with E-state index in [1.165, 1.54) is 12.3 Å². The van der Waals surface area contributed by atoms with Crippen LogP contribution in [0.2, 0.25) is 0 Å². The monoisotopic (exact) mass is 264 g/mol. The van der Waals surface area contributed by atoms with Crippen LogP contribution in [0.25, 0.3) is 11.4 Å². The SMILES string of the molecule is Cc1ccc(-c2nccc(=O)[nH]2)cc1Br. The van der Waals surface area contributed by atoms with Gasteiger partial charge in [0.1, 0.15) is 5.82 Å². The summed E-state index contributed by atoms with van der Waals surface area (Å²) in [4.78, 5) is 17.9. The van der Waals surface area contributed by atoms with Gasteiger partial charge in [-0.25, -0.2) is 4.98 Å². The molecule has 0 aliphatic carbocycles. The Morgan fingerprint density at radius 3 is 2.80 bits per heavy atom. The van der Waals surface area contributed by atoms with E-state index < -0.39 is 0 Å². The van der Waals surface area contributed by atoms with Crippen LogP contribution >= 0.6 is 15.9 Å². The van der Waals surface area contributed by atoms with Gasteiger partial charge in [-0.05, 0) is 18.6 Å². The third-order valence-corrected chi connectivity index (χ3v) is 2.97. The average molecular weight is 265 g/mol. The van der Waals surface area contributed by atoms with E-state index in [4.69, 9.17) is 0 Å². The van der Waals surface area contributed by atoms with Gasteiger partial charge in [0.05, 0.1) is 0 Å². The fourth-order valence-electron chi connectivity index (χ4n) is 1.26. The number of aryl methyl sites for hydroxylation is 1. The Bertz CT molecular complexity index is 548. The molecule has 1 aromatic carbocycles. The highest BCUT2D eigenvalue weighted by Crippen LogP contribution is 2.22. The molecule has 0 unspecified atom stereocenters. The summed E-state index contributed by atoms with van der Waals surface area (Å²) in [6.45, 7) is 2.01. The van der Waals surface area contributed by atoms with Crippen molar-refractivity contribution in [2.45, 2.75) is 6.92 Å². The van der Waals surface area contributed by atoms with Gasteiger partial charge in [-0.1, -0.05) is 28.1 Å². The quantitative estimate of drug-likeness (QED) is 0.861. The molecule has 3 nitrogen and oxygen atoms in total. The molecule has 0 spiro atoms. The topological polar surface area (TPSA) is 45.8 Å². The Morgan fingerprint density at radius 1 is 1.33 bits per heavy atom. The van der Waals surface area contributed by atoms with Crippen molar-refractivity contribution >= 4 is 15.9 Å². The molecule has 4 heteroatoms. The van der Waals surface area contributed by atoms with Gasteiger partial charge in [0.2, 0.25) is 0 Å². The molecule has 0 amide bonds. The van der Waals surface area contributed by atoms with Crippen LogP contribution in [0.15, 0.2) is 39.7 Å². The first-order chi connectivity index (χ1) is 7.16. The summed E-state index contributed by atoms with van der Waals surface area (Å²) in [5.41, 5.74) is 1.90. The summed E-state index contributed by atoms with van der Waals surface area (Å²) in [6, 6.07) is 7.24. The van der Waals surface area contributed by atoms with Crippen molar-refractivity contribution in [3.8, 4) is 11.4 Å². The lowest BCUT2D eigenvalue weighted by Crippen LogP contribution is -2.05. The van der Waals surface area contributed by atoms with Crippen molar-refractivity contribution in [2.24, 2.45) is 0 Å². The van der Waals surface area contributed by atoms with E-state index >= 15 is 0 Å². The van der Waals surface area contributed by atoms with Crippen LogP contribution in [0.5, 0.6) is 0 Å². The van der Waals surface area contributed by atoms with Crippen molar-refractivity contribution in [1.82, 2.24) is 9.97 Å². The Morgan fingerprint density at radius 2 is 2.13 bits per heavy atom. The van der Waals surface area contributed by atoms with E-state index in [1.54, 1.807) is 0 Å². The van der Waals surface area contributed by atoms with Crippen molar-refractivity contribution in [3.63, 3.8) is 0 Å². The van der Waals surface area contributed by atoms with Crippen molar-refractivity contribution < 1.29 is 0 Å². The minimum atomic E-state index is -0.142. The molecule has 1 N–H and O–H groups in total. The lowest BCUT2D eigenvalue weighted by Gasteiger charge is -2.02.